The molecule has 1 rings (SSSR count). The Kier molecular flexibility index (Phi) is 5.28. The van der Waals surface area contributed by atoms with E-state index in [9.17, 15) is 0 Å². The minimum atomic E-state index is 0. The van der Waals surface area contributed by atoms with Gasteiger partial charge in [-0.1, -0.05) is 13.8 Å². The van der Waals surface area contributed by atoms with E-state index in [1.165, 1.54) is 0 Å². The first-order valence-electron chi connectivity index (χ1n) is 2.15. The van der Waals surface area contributed by atoms with E-state index in [0.717, 1.165) is 11.8 Å². The molecule has 1 fully saturated rings. The predicted octanol–water partition coefficient (Wildman–Crippen LogP) is -1.19. The summed E-state index contributed by atoms with van der Waals surface area (Å²) in [5, 5.41) is 1.13. The van der Waals surface area contributed by atoms with Gasteiger partial charge in [0.15, 0.2) is 0 Å². The van der Waals surface area contributed by atoms with Gasteiger partial charge in [-0.15, -0.1) is 0 Å². The molecular weight excluding hydrogens is 155 g/mol. The maximum Gasteiger partial charge on any atom is 2.00 e. The van der Waals surface area contributed by atoms with Crippen molar-refractivity contribution in [3.05, 3.63) is 5.38 Å². The first-order chi connectivity index (χ1) is 2.63. The summed E-state index contributed by atoms with van der Waals surface area (Å²) in [5.41, 5.74) is 0.390. The molecule has 0 nitrogen and oxygen atoms in total. The SMILES string of the molecule is CC1(C)C[C-]1Cl.[Cl-].[Mg+2]. The Balaban J connectivity index is 0. The molecule has 0 saturated heterocycles. The van der Waals surface area contributed by atoms with E-state index < -0.39 is 0 Å². The molecule has 1 aliphatic rings. The Morgan fingerprint density at radius 1 is 1.50 bits per heavy atom. The monoisotopic (exact) mass is 162 g/mol. The van der Waals surface area contributed by atoms with Crippen LogP contribution >= 0.6 is 11.6 Å². The van der Waals surface area contributed by atoms with Gasteiger partial charge in [0.05, 0.1) is 0 Å². The van der Waals surface area contributed by atoms with Gasteiger partial charge in [-0.3, -0.25) is 0 Å². The van der Waals surface area contributed by atoms with Crippen molar-refractivity contribution in [1.29, 1.82) is 0 Å². The molecule has 44 valence electrons. The Morgan fingerprint density at radius 2 is 1.62 bits per heavy atom. The van der Waals surface area contributed by atoms with Crippen LogP contribution in [0.5, 0.6) is 0 Å². The fourth-order valence-electron chi connectivity index (χ4n) is 0.344. The molecule has 0 aromatic rings. The topological polar surface area (TPSA) is 0 Å². The van der Waals surface area contributed by atoms with Crippen molar-refractivity contribution < 1.29 is 12.4 Å². The van der Waals surface area contributed by atoms with E-state index in [2.05, 4.69) is 13.8 Å². The van der Waals surface area contributed by atoms with Crippen molar-refractivity contribution in [2.45, 2.75) is 20.3 Å². The molecule has 0 N–H and O–H groups in total. The van der Waals surface area contributed by atoms with Crippen LogP contribution in [0.1, 0.15) is 20.3 Å². The van der Waals surface area contributed by atoms with Crippen LogP contribution in [0, 0.1) is 10.8 Å². The van der Waals surface area contributed by atoms with Crippen LogP contribution < -0.4 is 12.4 Å². The fraction of sp³-hybridized carbons (Fsp3) is 0.800. The first-order valence-corrected chi connectivity index (χ1v) is 2.52. The van der Waals surface area contributed by atoms with Crippen LogP contribution in [-0.2, 0) is 0 Å². The minimum Gasteiger partial charge on any atom is -1.00 e. The molecule has 0 atom stereocenters. The maximum atomic E-state index is 5.59. The van der Waals surface area contributed by atoms with E-state index in [1.807, 2.05) is 0 Å². The summed E-state index contributed by atoms with van der Waals surface area (Å²) in [5.74, 6) is 0. The standard InChI is InChI=1S/C5H8Cl.ClH.Mg/c1-5(2)3-4(5)6;;/h3H2,1-2H3;1H;/q-1;;+2/p-1. The molecule has 1 saturated carbocycles. The number of rotatable bonds is 0. The van der Waals surface area contributed by atoms with Gasteiger partial charge in [0.2, 0.25) is 0 Å². The van der Waals surface area contributed by atoms with Crippen molar-refractivity contribution in [2.75, 3.05) is 0 Å². The van der Waals surface area contributed by atoms with E-state index >= 15 is 0 Å². The molecule has 8 heavy (non-hydrogen) atoms. The largest absolute Gasteiger partial charge is 2.00 e. The van der Waals surface area contributed by atoms with Crippen molar-refractivity contribution in [1.82, 2.24) is 0 Å². The Morgan fingerprint density at radius 3 is 1.62 bits per heavy atom. The van der Waals surface area contributed by atoms with Crippen LogP contribution in [0.15, 0.2) is 0 Å². The number of hydrogen-bond donors (Lipinski definition) is 0. The van der Waals surface area contributed by atoms with Gasteiger partial charge in [0.25, 0.3) is 0 Å². The van der Waals surface area contributed by atoms with Gasteiger partial charge in [-0.2, -0.15) is 11.8 Å². The summed E-state index contributed by atoms with van der Waals surface area (Å²) >= 11 is 5.59. The Labute approximate surface area is 77.9 Å². The quantitative estimate of drug-likeness (QED) is 0.311. The second-order valence-corrected chi connectivity index (χ2v) is 2.92. The van der Waals surface area contributed by atoms with Gasteiger partial charge in [0.1, 0.15) is 0 Å². The molecule has 0 unspecified atom stereocenters. The van der Waals surface area contributed by atoms with Gasteiger partial charge in [-0.25, -0.2) is 5.38 Å². The summed E-state index contributed by atoms with van der Waals surface area (Å²) in [6.07, 6.45) is 1.12. The minimum absolute atomic E-state index is 0. The van der Waals surface area contributed by atoms with Gasteiger partial charge < -0.3 is 24.0 Å². The zero-order valence-corrected chi connectivity index (χ0v) is 8.10. The summed E-state index contributed by atoms with van der Waals surface area (Å²) in [4.78, 5) is 0. The Bertz CT molecular complexity index is 72.8. The molecule has 0 aromatic heterocycles. The molecule has 0 amide bonds. The molecule has 0 aliphatic heterocycles. The van der Waals surface area contributed by atoms with Crippen LogP contribution in [0.3, 0.4) is 0 Å². The third-order valence-electron chi connectivity index (χ3n) is 1.21. The van der Waals surface area contributed by atoms with E-state index in [1.54, 1.807) is 0 Å². The van der Waals surface area contributed by atoms with E-state index in [0.29, 0.717) is 5.41 Å². The third kappa shape index (κ3) is 2.76. The van der Waals surface area contributed by atoms with E-state index in [-0.39, 0.29) is 35.5 Å². The van der Waals surface area contributed by atoms with Crippen LogP contribution in [0.4, 0.5) is 0 Å². The third-order valence-corrected chi connectivity index (χ3v) is 1.85. The van der Waals surface area contributed by atoms with Gasteiger partial charge in [0, 0.05) is 0 Å². The van der Waals surface area contributed by atoms with E-state index in [4.69, 9.17) is 11.6 Å². The van der Waals surface area contributed by atoms with Crippen molar-refractivity contribution >= 4 is 34.7 Å². The smallest absolute Gasteiger partial charge is 1.00 e. The van der Waals surface area contributed by atoms with Gasteiger partial charge >= 0.3 is 23.1 Å². The normalized spacial score (nSPS) is 22.9. The molecular formula is C5H8Cl2Mg. The van der Waals surface area contributed by atoms with Crippen molar-refractivity contribution in [3.8, 4) is 0 Å². The maximum absolute atomic E-state index is 5.59. The van der Waals surface area contributed by atoms with Gasteiger partial charge in [-0.05, 0) is 0 Å². The van der Waals surface area contributed by atoms with Crippen molar-refractivity contribution in [2.24, 2.45) is 5.41 Å². The zero-order chi connectivity index (χ0) is 4.78. The molecule has 1 aliphatic carbocycles. The second-order valence-electron chi connectivity index (χ2n) is 2.47. The fourth-order valence-corrected chi connectivity index (χ4v) is 0.678. The van der Waals surface area contributed by atoms with Crippen LogP contribution in [0.25, 0.3) is 0 Å². The summed E-state index contributed by atoms with van der Waals surface area (Å²) in [6, 6.07) is 0. The first kappa shape index (κ1) is 12.1. The molecule has 0 heterocycles. The summed E-state index contributed by atoms with van der Waals surface area (Å²) < 4.78 is 0. The summed E-state index contributed by atoms with van der Waals surface area (Å²) in [7, 11) is 0. The molecule has 3 heteroatoms. The summed E-state index contributed by atoms with van der Waals surface area (Å²) in [6.45, 7) is 4.30. The number of halogens is 2. The zero-order valence-electron chi connectivity index (χ0n) is 5.17. The molecule has 0 radical (unpaired) electrons. The Hall–Kier alpha value is 1.35. The van der Waals surface area contributed by atoms with Crippen LogP contribution in [-0.4, -0.2) is 23.1 Å². The average Bonchev–Trinajstić information content (AvgIpc) is 1.73. The average molecular weight is 163 g/mol. The molecule has 0 bridgehead atoms. The molecule has 0 aromatic carbocycles. The number of hydrogen-bond acceptors (Lipinski definition) is 0. The van der Waals surface area contributed by atoms with Crippen LogP contribution in [0.2, 0.25) is 0 Å². The van der Waals surface area contributed by atoms with Crippen molar-refractivity contribution in [3.63, 3.8) is 0 Å². The predicted molar refractivity (Wildman–Crippen MR) is 33.2 cm³/mol. The molecule has 0 spiro atoms. The second kappa shape index (κ2) is 3.50.